The third-order valence-electron chi connectivity index (χ3n) is 2.31. The van der Waals surface area contributed by atoms with Gasteiger partial charge in [0.2, 0.25) is 0 Å². The third-order valence-corrected chi connectivity index (χ3v) is 2.31. The van der Waals surface area contributed by atoms with Crippen LogP contribution in [0.15, 0.2) is 30.3 Å². The van der Waals surface area contributed by atoms with E-state index in [0.29, 0.717) is 13.0 Å². The number of ketones is 1. The Morgan fingerprint density at radius 2 is 1.94 bits per heavy atom. The number of Topliss-reactive ketones (excluding diaryl/α,β-unsaturated/α-hetero) is 1. The minimum Gasteiger partial charge on any atom is -0.486 e. The first-order chi connectivity index (χ1) is 8.33. The molecule has 1 aromatic carbocycles. The van der Waals surface area contributed by atoms with Crippen LogP contribution in [-0.4, -0.2) is 25.6 Å². The van der Waals surface area contributed by atoms with Gasteiger partial charge in [-0.05, 0) is 18.6 Å². The summed E-state index contributed by atoms with van der Waals surface area (Å²) < 4.78 is 10.7. The summed E-state index contributed by atoms with van der Waals surface area (Å²) in [5.41, 5.74) is 0. The fourth-order valence-electron chi connectivity index (χ4n) is 1.29. The molecule has 0 amide bonds. The quantitative estimate of drug-likeness (QED) is 0.618. The number of rotatable bonds is 9. The average molecular weight is 236 g/mol. The van der Waals surface area contributed by atoms with Gasteiger partial charge in [0.1, 0.15) is 12.4 Å². The summed E-state index contributed by atoms with van der Waals surface area (Å²) in [6.45, 7) is 3.48. The Morgan fingerprint density at radius 1 is 1.18 bits per heavy atom. The van der Waals surface area contributed by atoms with E-state index in [9.17, 15) is 4.79 Å². The lowest BCUT2D eigenvalue weighted by molar-refractivity contribution is -0.122. The summed E-state index contributed by atoms with van der Waals surface area (Å²) in [5.74, 6) is 0.804. The molecule has 94 valence electrons. The number of unbranched alkanes of at least 4 members (excludes halogenated alkanes) is 1. The molecule has 0 aliphatic rings. The van der Waals surface area contributed by atoms with Crippen LogP contribution in [0.5, 0.6) is 5.75 Å². The van der Waals surface area contributed by atoms with Gasteiger partial charge in [-0.3, -0.25) is 4.79 Å². The van der Waals surface area contributed by atoms with E-state index in [0.717, 1.165) is 25.2 Å². The van der Waals surface area contributed by atoms with Gasteiger partial charge in [-0.15, -0.1) is 0 Å². The van der Waals surface area contributed by atoms with Crippen molar-refractivity contribution in [3.05, 3.63) is 30.3 Å². The van der Waals surface area contributed by atoms with Gasteiger partial charge in [-0.1, -0.05) is 31.5 Å². The number of carbonyl (C=O) groups is 1. The highest BCUT2D eigenvalue weighted by atomic mass is 16.5. The van der Waals surface area contributed by atoms with Gasteiger partial charge in [0.25, 0.3) is 0 Å². The molecular formula is C14H20O3. The van der Waals surface area contributed by atoms with E-state index in [2.05, 4.69) is 6.92 Å². The second kappa shape index (κ2) is 8.76. The molecule has 0 atom stereocenters. The van der Waals surface area contributed by atoms with E-state index in [1.165, 1.54) is 0 Å². The SMILES string of the molecule is CCCCOCCC(=O)COc1ccccc1. The maximum absolute atomic E-state index is 11.4. The van der Waals surface area contributed by atoms with E-state index >= 15 is 0 Å². The molecule has 0 aromatic heterocycles. The zero-order valence-corrected chi connectivity index (χ0v) is 10.4. The predicted octanol–water partition coefficient (Wildman–Crippen LogP) is 2.84. The Labute approximate surface area is 103 Å². The van der Waals surface area contributed by atoms with Gasteiger partial charge < -0.3 is 9.47 Å². The standard InChI is InChI=1S/C14H20O3/c1-2-3-10-16-11-9-13(15)12-17-14-7-5-4-6-8-14/h4-8H,2-3,9-12H2,1H3. The van der Waals surface area contributed by atoms with Crippen LogP contribution in [0.3, 0.4) is 0 Å². The molecule has 0 heterocycles. The van der Waals surface area contributed by atoms with Gasteiger partial charge in [0, 0.05) is 13.0 Å². The molecule has 0 unspecified atom stereocenters. The molecule has 0 radical (unpaired) electrons. The van der Waals surface area contributed by atoms with E-state index in [-0.39, 0.29) is 12.4 Å². The fourth-order valence-corrected chi connectivity index (χ4v) is 1.29. The summed E-state index contributed by atoms with van der Waals surface area (Å²) in [6, 6.07) is 9.35. The van der Waals surface area contributed by atoms with Crippen LogP contribution < -0.4 is 4.74 Å². The number of carbonyl (C=O) groups excluding carboxylic acids is 1. The predicted molar refractivity (Wildman–Crippen MR) is 67.3 cm³/mol. The highest BCUT2D eigenvalue weighted by Gasteiger charge is 2.02. The van der Waals surface area contributed by atoms with E-state index in [1.807, 2.05) is 30.3 Å². The van der Waals surface area contributed by atoms with Crippen molar-refractivity contribution in [1.82, 2.24) is 0 Å². The Balaban J connectivity index is 2.05. The van der Waals surface area contributed by atoms with Crippen molar-refractivity contribution in [3.8, 4) is 5.75 Å². The molecule has 0 aliphatic heterocycles. The van der Waals surface area contributed by atoms with Crippen LogP contribution in [0, 0.1) is 0 Å². The van der Waals surface area contributed by atoms with Crippen molar-refractivity contribution < 1.29 is 14.3 Å². The van der Waals surface area contributed by atoms with Crippen LogP contribution >= 0.6 is 0 Å². The molecule has 1 rings (SSSR count). The minimum atomic E-state index is 0.0744. The maximum Gasteiger partial charge on any atom is 0.172 e. The summed E-state index contributed by atoms with van der Waals surface area (Å²) >= 11 is 0. The Morgan fingerprint density at radius 3 is 2.65 bits per heavy atom. The molecule has 0 fully saturated rings. The molecule has 0 N–H and O–H groups in total. The van der Waals surface area contributed by atoms with Crippen LogP contribution in [0.25, 0.3) is 0 Å². The summed E-state index contributed by atoms with van der Waals surface area (Å²) in [6.07, 6.45) is 2.59. The molecule has 0 aliphatic carbocycles. The Hall–Kier alpha value is -1.35. The second-order valence-corrected chi connectivity index (χ2v) is 3.86. The summed E-state index contributed by atoms with van der Waals surface area (Å²) in [7, 11) is 0. The van der Waals surface area contributed by atoms with Crippen LogP contribution in [0.1, 0.15) is 26.2 Å². The fraction of sp³-hybridized carbons (Fsp3) is 0.500. The number of ether oxygens (including phenoxy) is 2. The Kier molecular flexibility index (Phi) is 7.07. The molecule has 0 spiro atoms. The van der Waals surface area contributed by atoms with Crippen molar-refractivity contribution in [2.24, 2.45) is 0 Å². The van der Waals surface area contributed by atoms with E-state index in [4.69, 9.17) is 9.47 Å². The van der Waals surface area contributed by atoms with Gasteiger partial charge in [-0.2, -0.15) is 0 Å². The van der Waals surface area contributed by atoms with Crippen LogP contribution in [0.4, 0.5) is 0 Å². The van der Waals surface area contributed by atoms with Gasteiger partial charge in [0.05, 0.1) is 6.61 Å². The van der Waals surface area contributed by atoms with Crippen molar-refractivity contribution >= 4 is 5.78 Å². The van der Waals surface area contributed by atoms with Crippen molar-refractivity contribution in [1.29, 1.82) is 0 Å². The van der Waals surface area contributed by atoms with E-state index < -0.39 is 0 Å². The highest BCUT2D eigenvalue weighted by molar-refractivity contribution is 5.80. The molecule has 1 aromatic rings. The van der Waals surface area contributed by atoms with Crippen molar-refractivity contribution in [2.45, 2.75) is 26.2 Å². The number of para-hydroxylation sites is 1. The van der Waals surface area contributed by atoms with E-state index in [1.54, 1.807) is 0 Å². The molecule has 0 bridgehead atoms. The molecule has 17 heavy (non-hydrogen) atoms. The molecular weight excluding hydrogens is 216 g/mol. The largest absolute Gasteiger partial charge is 0.486 e. The van der Waals surface area contributed by atoms with Crippen LogP contribution in [0.2, 0.25) is 0 Å². The lowest BCUT2D eigenvalue weighted by Gasteiger charge is -2.05. The first kappa shape index (κ1) is 13.7. The molecule has 3 nitrogen and oxygen atoms in total. The number of benzene rings is 1. The monoisotopic (exact) mass is 236 g/mol. The maximum atomic E-state index is 11.4. The lowest BCUT2D eigenvalue weighted by atomic mass is 10.3. The van der Waals surface area contributed by atoms with Crippen molar-refractivity contribution in [3.63, 3.8) is 0 Å². The van der Waals surface area contributed by atoms with Gasteiger partial charge in [0.15, 0.2) is 5.78 Å². The zero-order chi connectivity index (χ0) is 12.3. The topological polar surface area (TPSA) is 35.5 Å². The number of hydrogen-bond acceptors (Lipinski definition) is 3. The third kappa shape index (κ3) is 6.74. The minimum absolute atomic E-state index is 0.0744. The normalized spacial score (nSPS) is 10.2. The average Bonchev–Trinajstić information content (AvgIpc) is 2.37. The highest BCUT2D eigenvalue weighted by Crippen LogP contribution is 2.08. The molecule has 3 heteroatoms. The second-order valence-electron chi connectivity index (χ2n) is 3.86. The lowest BCUT2D eigenvalue weighted by Crippen LogP contribution is -2.13. The summed E-state index contributed by atoms with van der Waals surface area (Å²) in [4.78, 5) is 11.4. The zero-order valence-electron chi connectivity index (χ0n) is 10.4. The molecule has 0 saturated heterocycles. The van der Waals surface area contributed by atoms with Gasteiger partial charge in [-0.25, -0.2) is 0 Å². The first-order valence-electron chi connectivity index (χ1n) is 6.10. The van der Waals surface area contributed by atoms with Crippen molar-refractivity contribution in [2.75, 3.05) is 19.8 Å². The van der Waals surface area contributed by atoms with Gasteiger partial charge >= 0.3 is 0 Å². The van der Waals surface area contributed by atoms with Crippen LogP contribution in [-0.2, 0) is 9.53 Å². The molecule has 0 saturated carbocycles. The first-order valence-corrected chi connectivity index (χ1v) is 6.10. The summed E-state index contributed by atoms with van der Waals surface area (Å²) in [5, 5.41) is 0. The number of hydrogen-bond donors (Lipinski definition) is 0. The smallest absolute Gasteiger partial charge is 0.172 e. The Bertz CT molecular complexity index is 309.